The zero-order valence-electron chi connectivity index (χ0n) is 10.3. The lowest BCUT2D eigenvalue weighted by Gasteiger charge is -2.31. The largest absolute Gasteiger partial charge is 0.489 e. The molecule has 0 aromatic heterocycles. The molecular formula is C15H14FNO2. The predicted molar refractivity (Wildman–Crippen MR) is 69.7 cm³/mol. The lowest BCUT2D eigenvalue weighted by atomic mass is 9.99. The smallest absolute Gasteiger partial charge is 0.152 e. The summed E-state index contributed by atoms with van der Waals surface area (Å²) in [6, 6.07) is 13.3. The SMILES string of the molecule is NC1c2ccccc2OCC1Oc1ccc(F)cc1. The molecule has 0 aliphatic carbocycles. The molecule has 19 heavy (non-hydrogen) atoms. The number of ether oxygens (including phenoxy) is 2. The van der Waals surface area contributed by atoms with Crippen LogP contribution in [0.2, 0.25) is 0 Å². The third kappa shape index (κ3) is 2.39. The van der Waals surface area contributed by atoms with E-state index in [1.54, 1.807) is 12.1 Å². The summed E-state index contributed by atoms with van der Waals surface area (Å²) in [5.41, 5.74) is 7.12. The Kier molecular flexibility index (Phi) is 3.09. The van der Waals surface area contributed by atoms with Gasteiger partial charge in [0.1, 0.15) is 23.9 Å². The third-order valence-corrected chi connectivity index (χ3v) is 3.18. The van der Waals surface area contributed by atoms with Crippen LogP contribution in [0.4, 0.5) is 4.39 Å². The van der Waals surface area contributed by atoms with Crippen LogP contribution in [0.5, 0.6) is 11.5 Å². The van der Waals surface area contributed by atoms with Crippen LogP contribution in [0.3, 0.4) is 0 Å². The second-order valence-electron chi connectivity index (χ2n) is 4.48. The van der Waals surface area contributed by atoms with Crippen molar-refractivity contribution < 1.29 is 13.9 Å². The first-order chi connectivity index (χ1) is 9.24. The molecule has 0 fully saturated rings. The summed E-state index contributed by atoms with van der Waals surface area (Å²) < 4.78 is 24.2. The van der Waals surface area contributed by atoms with Gasteiger partial charge in [-0.25, -0.2) is 4.39 Å². The van der Waals surface area contributed by atoms with Crippen LogP contribution in [-0.2, 0) is 0 Å². The van der Waals surface area contributed by atoms with Crippen molar-refractivity contribution in [2.75, 3.05) is 6.61 Å². The molecule has 2 unspecified atom stereocenters. The number of halogens is 1. The Morgan fingerprint density at radius 3 is 2.63 bits per heavy atom. The summed E-state index contributed by atoms with van der Waals surface area (Å²) in [6.45, 7) is 0.384. The normalized spacial score (nSPS) is 21.4. The van der Waals surface area contributed by atoms with Gasteiger partial charge < -0.3 is 15.2 Å². The standard InChI is InChI=1S/C15H14FNO2/c16-10-5-7-11(8-6-10)19-14-9-18-13-4-2-1-3-12(13)15(14)17/h1-8,14-15H,9,17H2. The van der Waals surface area contributed by atoms with Crippen molar-refractivity contribution in [1.82, 2.24) is 0 Å². The van der Waals surface area contributed by atoms with Crippen molar-refractivity contribution in [3.8, 4) is 11.5 Å². The number of fused-ring (bicyclic) bond motifs is 1. The van der Waals surface area contributed by atoms with Crippen LogP contribution in [-0.4, -0.2) is 12.7 Å². The van der Waals surface area contributed by atoms with Crippen molar-refractivity contribution in [1.29, 1.82) is 0 Å². The number of benzene rings is 2. The fraction of sp³-hybridized carbons (Fsp3) is 0.200. The molecule has 0 bridgehead atoms. The van der Waals surface area contributed by atoms with Gasteiger partial charge in [-0.2, -0.15) is 0 Å². The summed E-state index contributed by atoms with van der Waals surface area (Å²) in [6.07, 6.45) is -0.277. The minimum Gasteiger partial charge on any atom is -0.489 e. The Bertz CT molecular complexity index is 571. The van der Waals surface area contributed by atoms with E-state index < -0.39 is 0 Å². The van der Waals surface area contributed by atoms with Crippen LogP contribution >= 0.6 is 0 Å². The zero-order chi connectivity index (χ0) is 13.2. The highest BCUT2D eigenvalue weighted by atomic mass is 19.1. The molecule has 2 aromatic rings. The Morgan fingerprint density at radius 2 is 1.84 bits per heavy atom. The van der Waals surface area contributed by atoms with Gasteiger partial charge in [-0.1, -0.05) is 18.2 Å². The number of hydrogen-bond donors (Lipinski definition) is 1. The molecule has 1 heterocycles. The van der Waals surface area contributed by atoms with Crippen LogP contribution in [0.1, 0.15) is 11.6 Å². The van der Waals surface area contributed by atoms with Crippen molar-refractivity contribution in [3.05, 3.63) is 59.9 Å². The van der Waals surface area contributed by atoms with Crippen LogP contribution in [0.25, 0.3) is 0 Å². The average molecular weight is 259 g/mol. The van der Waals surface area contributed by atoms with Crippen LogP contribution in [0.15, 0.2) is 48.5 Å². The molecule has 3 rings (SSSR count). The molecule has 2 atom stereocenters. The second kappa shape index (κ2) is 4.90. The first kappa shape index (κ1) is 12.0. The monoisotopic (exact) mass is 259 g/mol. The second-order valence-corrected chi connectivity index (χ2v) is 4.48. The molecule has 0 amide bonds. The van der Waals surface area contributed by atoms with Gasteiger partial charge in [0, 0.05) is 5.56 Å². The summed E-state index contributed by atoms with van der Waals surface area (Å²) in [5.74, 6) is 1.10. The Morgan fingerprint density at radius 1 is 1.11 bits per heavy atom. The predicted octanol–water partition coefficient (Wildman–Crippen LogP) is 2.67. The lowest BCUT2D eigenvalue weighted by molar-refractivity contribution is 0.0877. The molecular weight excluding hydrogens is 245 g/mol. The minimum absolute atomic E-state index is 0.255. The van der Waals surface area contributed by atoms with Crippen molar-refractivity contribution in [2.45, 2.75) is 12.1 Å². The topological polar surface area (TPSA) is 44.5 Å². The summed E-state index contributed by atoms with van der Waals surface area (Å²) in [5, 5.41) is 0. The molecule has 0 saturated heterocycles. The zero-order valence-corrected chi connectivity index (χ0v) is 10.3. The maximum atomic E-state index is 12.8. The molecule has 3 nitrogen and oxygen atoms in total. The third-order valence-electron chi connectivity index (χ3n) is 3.18. The molecule has 2 N–H and O–H groups in total. The van der Waals surface area contributed by atoms with Crippen LogP contribution < -0.4 is 15.2 Å². The molecule has 2 aromatic carbocycles. The highest BCUT2D eigenvalue weighted by Crippen LogP contribution is 2.32. The Hall–Kier alpha value is -2.07. The molecule has 0 spiro atoms. The van der Waals surface area contributed by atoms with E-state index in [0.717, 1.165) is 11.3 Å². The highest BCUT2D eigenvalue weighted by molar-refractivity contribution is 5.38. The lowest BCUT2D eigenvalue weighted by Crippen LogP contribution is -2.40. The van der Waals surface area contributed by atoms with Gasteiger partial charge in [0.05, 0.1) is 6.04 Å². The van der Waals surface area contributed by atoms with Gasteiger partial charge in [-0.05, 0) is 30.3 Å². The van der Waals surface area contributed by atoms with Gasteiger partial charge in [-0.3, -0.25) is 0 Å². The molecule has 0 radical (unpaired) electrons. The fourth-order valence-electron chi connectivity index (χ4n) is 2.16. The van der Waals surface area contributed by atoms with E-state index in [2.05, 4.69) is 0 Å². The van der Waals surface area contributed by atoms with Gasteiger partial charge >= 0.3 is 0 Å². The van der Waals surface area contributed by atoms with E-state index in [1.807, 2.05) is 24.3 Å². The van der Waals surface area contributed by atoms with Crippen molar-refractivity contribution in [3.63, 3.8) is 0 Å². The van der Waals surface area contributed by atoms with Crippen LogP contribution in [0, 0.1) is 5.82 Å². The molecule has 4 heteroatoms. The van der Waals surface area contributed by atoms with E-state index in [9.17, 15) is 4.39 Å². The maximum absolute atomic E-state index is 12.8. The number of para-hydroxylation sites is 1. The summed E-state index contributed by atoms with van der Waals surface area (Å²) in [7, 11) is 0. The van der Waals surface area contributed by atoms with Gasteiger partial charge in [0.25, 0.3) is 0 Å². The van der Waals surface area contributed by atoms with Crippen molar-refractivity contribution in [2.24, 2.45) is 5.73 Å². The fourth-order valence-corrected chi connectivity index (χ4v) is 2.16. The number of rotatable bonds is 2. The molecule has 1 aliphatic rings. The summed E-state index contributed by atoms with van der Waals surface area (Å²) >= 11 is 0. The highest BCUT2D eigenvalue weighted by Gasteiger charge is 2.29. The molecule has 98 valence electrons. The van der Waals surface area contributed by atoms with Gasteiger partial charge in [-0.15, -0.1) is 0 Å². The van der Waals surface area contributed by atoms with Crippen molar-refractivity contribution >= 4 is 0 Å². The Labute approximate surface area is 110 Å². The number of hydrogen-bond acceptors (Lipinski definition) is 3. The quantitative estimate of drug-likeness (QED) is 0.901. The maximum Gasteiger partial charge on any atom is 0.152 e. The van der Waals surface area contributed by atoms with Gasteiger partial charge in [0.2, 0.25) is 0 Å². The van der Waals surface area contributed by atoms with Gasteiger partial charge in [0.15, 0.2) is 6.10 Å². The van der Waals surface area contributed by atoms with E-state index in [0.29, 0.717) is 12.4 Å². The summed E-state index contributed by atoms with van der Waals surface area (Å²) in [4.78, 5) is 0. The first-order valence-electron chi connectivity index (χ1n) is 6.13. The number of nitrogens with two attached hydrogens (primary N) is 1. The minimum atomic E-state index is -0.290. The van der Waals surface area contributed by atoms with E-state index in [4.69, 9.17) is 15.2 Å². The first-order valence-corrected chi connectivity index (χ1v) is 6.13. The molecule has 1 aliphatic heterocycles. The van der Waals surface area contributed by atoms with E-state index in [-0.39, 0.29) is 18.0 Å². The van der Waals surface area contributed by atoms with E-state index in [1.165, 1.54) is 12.1 Å². The molecule has 0 saturated carbocycles. The van der Waals surface area contributed by atoms with E-state index >= 15 is 0 Å². The average Bonchev–Trinajstić information content (AvgIpc) is 2.45. The Balaban J connectivity index is 1.79.